The summed E-state index contributed by atoms with van der Waals surface area (Å²) in [5, 5.41) is 3.97. The summed E-state index contributed by atoms with van der Waals surface area (Å²) in [6.45, 7) is 0.708. The van der Waals surface area contributed by atoms with Crippen molar-refractivity contribution >= 4 is 11.6 Å². The van der Waals surface area contributed by atoms with Gasteiger partial charge >= 0.3 is 0 Å². The van der Waals surface area contributed by atoms with E-state index in [4.69, 9.17) is 21.1 Å². The molecule has 4 heteroatoms. The van der Waals surface area contributed by atoms with Gasteiger partial charge in [-0.1, -0.05) is 11.6 Å². The second-order valence-electron chi connectivity index (χ2n) is 3.94. The lowest BCUT2D eigenvalue weighted by atomic mass is 10.0. The molecule has 0 amide bonds. The molecule has 1 N–H and O–H groups in total. The first-order valence-corrected chi connectivity index (χ1v) is 6.07. The summed E-state index contributed by atoms with van der Waals surface area (Å²) in [7, 11) is 5.33. The molecule has 0 aliphatic rings. The number of nitrogens with one attached hydrogen (secondary N) is 1. The summed E-state index contributed by atoms with van der Waals surface area (Å²) in [5.41, 5.74) is 1.14. The van der Waals surface area contributed by atoms with Gasteiger partial charge in [-0.25, -0.2) is 0 Å². The van der Waals surface area contributed by atoms with Crippen molar-refractivity contribution in [3.8, 4) is 5.75 Å². The van der Waals surface area contributed by atoms with Crippen LogP contribution in [0.5, 0.6) is 5.75 Å². The first-order valence-electron chi connectivity index (χ1n) is 5.70. The summed E-state index contributed by atoms with van der Waals surface area (Å²) < 4.78 is 10.5. The number of methoxy groups -OCH3 is 2. The number of halogens is 1. The molecule has 1 atom stereocenters. The monoisotopic (exact) mass is 257 g/mol. The zero-order valence-corrected chi connectivity index (χ0v) is 11.4. The molecule has 1 unspecified atom stereocenters. The van der Waals surface area contributed by atoms with Crippen LogP contribution in [0.15, 0.2) is 18.2 Å². The molecule has 0 spiro atoms. The van der Waals surface area contributed by atoms with Gasteiger partial charge in [-0.15, -0.1) is 0 Å². The fraction of sp³-hybridized carbons (Fsp3) is 0.538. The molecule has 0 fully saturated rings. The summed E-state index contributed by atoms with van der Waals surface area (Å²) in [6, 6.07) is 6.06. The summed E-state index contributed by atoms with van der Waals surface area (Å²) in [5.74, 6) is 0.890. The normalized spacial score (nSPS) is 12.5. The van der Waals surface area contributed by atoms with Crippen molar-refractivity contribution in [3.05, 3.63) is 28.8 Å². The topological polar surface area (TPSA) is 30.5 Å². The van der Waals surface area contributed by atoms with Crippen LogP contribution in [0.2, 0.25) is 5.02 Å². The first kappa shape index (κ1) is 14.3. The lowest BCUT2D eigenvalue weighted by molar-refractivity contribution is 0.166. The maximum Gasteiger partial charge on any atom is 0.122 e. The van der Waals surface area contributed by atoms with Crippen molar-refractivity contribution < 1.29 is 9.47 Å². The predicted molar refractivity (Wildman–Crippen MR) is 71.0 cm³/mol. The van der Waals surface area contributed by atoms with Gasteiger partial charge in [0.05, 0.1) is 13.7 Å². The zero-order chi connectivity index (χ0) is 12.7. The molecule has 1 aromatic rings. The summed E-state index contributed by atoms with van der Waals surface area (Å²) in [6.07, 6.45) is 1.90. The highest BCUT2D eigenvalue weighted by Crippen LogP contribution is 2.24. The summed E-state index contributed by atoms with van der Waals surface area (Å²) >= 11 is 5.99. The third-order valence-corrected chi connectivity index (χ3v) is 3.02. The van der Waals surface area contributed by atoms with Gasteiger partial charge in [0.15, 0.2) is 0 Å². The summed E-state index contributed by atoms with van der Waals surface area (Å²) in [4.78, 5) is 0. The number of aryl methyl sites for hydroxylation is 1. The molecule has 0 aliphatic carbocycles. The Balaban J connectivity index is 2.63. The Kier molecular flexibility index (Phi) is 6.34. The molecule has 0 heterocycles. The van der Waals surface area contributed by atoms with E-state index in [1.807, 2.05) is 25.2 Å². The molecular formula is C13H20ClNO2. The van der Waals surface area contributed by atoms with Gasteiger partial charge in [-0.3, -0.25) is 0 Å². The second kappa shape index (κ2) is 7.54. The molecule has 0 saturated carbocycles. The fourth-order valence-electron chi connectivity index (χ4n) is 1.78. The van der Waals surface area contributed by atoms with Crippen molar-refractivity contribution in [3.63, 3.8) is 0 Å². The van der Waals surface area contributed by atoms with Crippen LogP contribution in [-0.2, 0) is 11.2 Å². The van der Waals surface area contributed by atoms with E-state index >= 15 is 0 Å². The van der Waals surface area contributed by atoms with Crippen molar-refractivity contribution in [1.82, 2.24) is 5.32 Å². The number of benzene rings is 1. The van der Waals surface area contributed by atoms with E-state index < -0.39 is 0 Å². The molecule has 0 radical (unpaired) electrons. The Morgan fingerprint density at radius 1 is 1.35 bits per heavy atom. The van der Waals surface area contributed by atoms with Crippen LogP contribution in [0.25, 0.3) is 0 Å². The minimum Gasteiger partial charge on any atom is -0.496 e. The van der Waals surface area contributed by atoms with Gasteiger partial charge in [0.25, 0.3) is 0 Å². The fourth-order valence-corrected chi connectivity index (χ4v) is 1.98. The van der Waals surface area contributed by atoms with Crippen LogP contribution in [0.3, 0.4) is 0 Å². The number of hydrogen-bond acceptors (Lipinski definition) is 3. The van der Waals surface area contributed by atoms with E-state index in [-0.39, 0.29) is 0 Å². The van der Waals surface area contributed by atoms with E-state index in [1.165, 1.54) is 0 Å². The third kappa shape index (κ3) is 4.54. The highest BCUT2D eigenvalue weighted by Gasteiger charge is 2.09. The Labute approximate surface area is 108 Å². The van der Waals surface area contributed by atoms with Gasteiger partial charge in [0.2, 0.25) is 0 Å². The van der Waals surface area contributed by atoms with Crippen LogP contribution < -0.4 is 10.1 Å². The highest BCUT2D eigenvalue weighted by atomic mass is 35.5. The number of hydrogen-bond donors (Lipinski definition) is 1. The van der Waals surface area contributed by atoms with Crippen molar-refractivity contribution in [2.45, 2.75) is 18.9 Å². The maximum atomic E-state index is 5.99. The van der Waals surface area contributed by atoms with Gasteiger partial charge < -0.3 is 14.8 Å². The van der Waals surface area contributed by atoms with E-state index in [1.54, 1.807) is 14.2 Å². The lowest BCUT2D eigenvalue weighted by Crippen LogP contribution is -2.30. The molecule has 17 heavy (non-hydrogen) atoms. The number of likely N-dealkylation sites (N-methyl/N-ethyl adjacent to an activating group) is 1. The van der Waals surface area contributed by atoms with Crippen molar-refractivity contribution in [2.75, 3.05) is 27.9 Å². The molecular weight excluding hydrogens is 238 g/mol. The van der Waals surface area contributed by atoms with Crippen LogP contribution in [0.1, 0.15) is 12.0 Å². The smallest absolute Gasteiger partial charge is 0.122 e. The number of ether oxygens (including phenoxy) is 2. The number of rotatable bonds is 7. The first-order chi connectivity index (χ1) is 8.21. The van der Waals surface area contributed by atoms with Gasteiger partial charge in [-0.05, 0) is 43.7 Å². The Morgan fingerprint density at radius 3 is 2.71 bits per heavy atom. The molecule has 0 saturated heterocycles. The van der Waals surface area contributed by atoms with E-state index in [9.17, 15) is 0 Å². The largest absolute Gasteiger partial charge is 0.496 e. The SMILES string of the molecule is CNC(CCc1cc(Cl)ccc1OC)COC. The average Bonchev–Trinajstić information content (AvgIpc) is 2.34. The van der Waals surface area contributed by atoms with Crippen LogP contribution in [0.4, 0.5) is 0 Å². The van der Waals surface area contributed by atoms with Crippen molar-refractivity contribution in [1.29, 1.82) is 0 Å². The predicted octanol–water partition coefficient (Wildman–Crippen LogP) is 2.52. The molecule has 3 nitrogen and oxygen atoms in total. The van der Waals surface area contributed by atoms with Crippen LogP contribution >= 0.6 is 11.6 Å². The minimum absolute atomic E-state index is 0.351. The third-order valence-electron chi connectivity index (χ3n) is 2.78. The quantitative estimate of drug-likeness (QED) is 0.814. The molecule has 1 rings (SSSR count). The standard InChI is InChI=1S/C13H20ClNO2/c1-15-12(9-16-2)6-4-10-8-11(14)5-7-13(10)17-3/h5,7-8,12,15H,4,6,9H2,1-3H3. The van der Waals surface area contributed by atoms with Crippen LogP contribution in [0, 0.1) is 0 Å². The zero-order valence-electron chi connectivity index (χ0n) is 10.6. The molecule has 0 aliphatic heterocycles. The molecule has 0 bridgehead atoms. The van der Waals surface area contributed by atoms with E-state index in [2.05, 4.69) is 5.32 Å². The van der Waals surface area contributed by atoms with Gasteiger partial charge in [0, 0.05) is 18.2 Å². The van der Waals surface area contributed by atoms with Gasteiger partial charge in [-0.2, -0.15) is 0 Å². The van der Waals surface area contributed by atoms with E-state index in [0.717, 1.165) is 29.2 Å². The Morgan fingerprint density at radius 2 is 2.12 bits per heavy atom. The molecule has 96 valence electrons. The average molecular weight is 258 g/mol. The Bertz CT molecular complexity index is 344. The molecule has 1 aromatic carbocycles. The molecule has 0 aromatic heterocycles. The highest BCUT2D eigenvalue weighted by molar-refractivity contribution is 6.30. The van der Waals surface area contributed by atoms with Gasteiger partial charge in [0.1, 0.15) is 5.75 Å². The second-order valence-corrected chi connectivity index (χ2v) is 4.37. The van der Waals surface area contributed by atoms with Crippen molar-refractivity contribution in [2.24, 2.45) is 0 Å². The van der Waals surface area contributed by atoms with Crippen LogP contribution in [-0.4, -0.2) is 33.9 Å². The Hall–Kier alpha value is -0.770. The minimum atomic E-state index is 0.351. The maximum absolute atomic E-state index is 5.99. The van der Waals surface area contributed by atoms with E-state index in [0.29, 0.717) is 12.6 Å². The lowest BCUT2D eigenvalue weighted by Gasteiger charge is -2.16.